The smallest absolute Gasteiger partial charge is 0.128 e. The number of hydrogen-bond acceptors (Lipinski definition) is 4. The van der Waals surface area contributed by atoms with E-state index >= 15 is 0 Å². The van der Waals surface area contributed by atoms with E-state index in [0.29, 0.717) is 5.41 Å². The second-order valence-corrected chi connectivity index (χ2v) is 10.1. The first-order valence-corrected chi connectivity index (χ1v) is 11.9. The van der Waals surface area contributed by atoms with E-state index < -0.39 is 0 Å². The van der Waals surface area contributed by atoms with Crippen molar-refractivity contribution < 1.29 is 0 Å². The standard InChI is InChI=1S/C24H38N4/c1-20-4-3-13-28(20)19-21-7-12-25-23(18-21)27-16-10-24(11-17-27)8-14-26(15-9-24)22-5-2-6-22/h7,12,18,20,22H,2-6,8-11,13-17,19H2,1H3. The van der Waals surface area contributed by atoms with Gasteiger partial charge in [-0.25, -0.2) is 4.98 Å². The molecule has 3 aliphatic heterocycles. The van der Waals surface area contributed by atoms with E-state index in [0.717, 1.165) is 18.6 Å². The molecular weight excluding hydrogens is 344 g/mol. The molecule has 3 saturated heterocycles. The number of hydrogen-bond donors (Lipinski definition) is 0. The molecule has 0 amide bonds. The second kappa shape index (κ2) is 7.95. The summed E-state index contributed by atoms with van der Waals surface area (Å²) in [6.45, 7) is 9.81. The monoisotopic (exact) mass is 382 g/mol. The lowest BCUT2D eigenvalue weighted by Crippen LogP contribution is -2.51. The van der Waals surface area contributed by atoms with Gasteiger partial charge in [0.25, 0.3) is 0 Å². The molecule has 1 saturated carbocycles. The van der Waals surface area contributed by atoms with Gasteiger partial charge < -0.3 is 9.80 Å². The molecule has 1 unspecified atom stereocenters. The van der Waals surface area contributed by atoms with Crippen molar-refractivity contribution in [2.45, 2.75) is 83.3 Å². The number of anilines is 1. The highest BCUT2D eigenvalue weighted by Crippen LogP contribution is 2.43. The topological polar surface area (TPSA) is 22.6 Å². The number of nitrogens with zero attached hydrogens (tertiary/aromatic N) is 4. The summed E-state index contributed by atoms with van der Waals surface area (Å²) in [4.78, 5) is 12.7. The molecule has 1 aromatic rings. The van der Waals surface area contributed by atoms with E-state index in [1.807, 2.05) is 6.20 Å². The summed E-state index contributed by atoms with van der Waals surface area (Å²) in [5.74, 6) is 1.21. The van der Waals surface area contributed by atoms with Crippen LogP contribution in [0.3, 0.4) is 0 Å². The van der Waals surface area contributed by atoms with Crippen molar-refractivity contribution in [3.8, 4) is 0 Å². The SMILES string of the molecule is CC1CCCN1Cc1ccnc(N2CCC3(CC2)CCN(C2CCC2)CC3)c1. The van der Waals surface area contributed by atoms with Crippen molar-refractivity contribution >= 4 is 5.82 Å². The Hall–Kier alpha value is -1.13. The van der Waals surface area contributed by atoms with Crippen LogP contribution in [0.15, 0.2) is 18.3 Å². The summed E-state index contributed by atoms with van der Waals surface area (Å²) >= 11 is 0. The highest BCUT2D eigenvalue weighted by atomic mass is 15.2. The van der Waals surface area contributed by atoms with Crippen molar-refractivity contribution in [2.24, 2.45) is 5.41 Å². The Morgan fingerprint density at radius 1 is 0.964 bits per heavy atom. The molecule has 28 heavy (non-hydrogen) atoms. The molecule has 4 heteroatoms. The normalized spacial score (nSPS) is 29.3. The maximum absolute atomic E-state index is 4.74. The lowest BCUT2D eigenvalue weighted by Gasteiger charge is -2.50. The second-order valence-electron chi connectivity index (χ2n) is 10.1. The van der Waals surface area contributed by atoms with Gasteiger partial charge in [0.2, 0.25) is 0 Å². The first-order chi connectivity index (χ1) is 13.7. The average Bonchev–Trinajstić information content (AvgIpc) is 3.08. The number of piperidine rings is 2. The van der Waals surface area contributed by atoms with Gasteiger partial charge in [-0.2, -0.15) is 0 Å². The van der Waals surface area contributed by atoms with Crippen LogP contribution in [-0.4, -0.2) is 59.6 Å². The molecule has 4 nitrogen and oxygen atoms in total. The molecule has 1 aromatic heterocycles. The Morgan fingerprint density at radius 3 is 2.36 bits per heavy atom. The molecule has 5 rings (SSSR count). The van der Waals surface area contributed by atoms with Gasteiger partial charge in [0, 0.05) is 37.9 Å². The van der Waals surface area contributed by atoms with Gasteiger partial charge in [-0.1, -0.05) is 6.42 Å². The van der Waals surface area contributed by atoms with Crippen LogP contribution in [0.1, 0.15) is 70.3 Å². The van der Waals surface area contributed by atoms with E-state index in [1.165, 1.54) is 102 Å². The third-order valence-corrected chi connectivity index (χ3v) is 8.48. The van der Waals surface area contributed by atoms with Crippen LogP contribution in [0.5, 0.6) is 0 Å². The lowest BCUT2D eigenvalue weighted by atomic mass is 9.70. The molecule has 0 N–H and O–H groups in total. The van der Waals surface area contributed by atoms with Crippen LogP contribution in [0.25, 0.3) is 0 Å². The molecule has 154 valence electrons. The average molecular weight is 383 g/mol. The van der Waals surface area contributed by atoms with Gasteiger partial charge in [-0.3, -0.25) is 4.90 Å². The molecule has 4 aliphatic rings. The summed E-state index contributed by atoms with van der Waals surface area (Å²) < 4.78 is 0. The van der Waals surface area contributed by atoms with E-state index in [9.17, 15) is 0 Å². The van der Waals surface area contributed by atoms with Gasteiger partial charge in [-0.05, 0) is 101 Å². The summed E-state index contributed by atoms with van der Waals surface area (Å²) in [5, 5.41) is 0. The van der Waals surface area contributed by atoms with E-state index in [4.69, 9.17) is 4.98 Å². The third-order valence-electron chi connectivity index (χ3n) is 8.48. The number of likely N-dealkylation sites (tertiary alicyclic amines) is 2. The maximum atomic E-state index is 4.74. The zero-order valence-electron chi connectivity index (χ0n) is 17.8. The zero-order valence-corrected chi connectivity index (χ0v) is 17.8. The minimum absolute atomic E-state index is 0.624. The predicted octanol–water partition coefficient (Wildman–Crippen LogP) is 4.30. The van der Waals surface area contributed by atoms with Crippen LogP contribution in [-0.2, 0) is 6.54 Å². The van der Waals surface area contributed by atoms with Crippen LogP contribution in [0.2, 0.25) is 0 Å². The molecule has 4 heterocycles. The predicted molar refractivity (Wildman–Crippen MR) is 116 cm³/mol. The van der Waals surface area contributed by atoms with Crippen molar-refractivity contribution in [3.63, 3.8) is 0 Å². The Kier molecular flexibility index (Phi) is 5.36. The van der Waals surface area contributed by atoms with Crippen molar-refractivity contribution in [1.82, 2.24) is 14.8 Å². The van der Waals surface area contributed by atoms with Gasteiger partial charge in [0.05, 0.1) is 0 Å². The summed E-state index contributed by atoms with van der Waals surface area (Å²) in [6, 6.07) is 6.25. The highest BCUT2D eigenvalue weighted by Gasteiger charge is 2.39. The van der Waals surface area contributed by atoms with Crippen molar-refractivity contribution in [1.29, 1.82) is 0 Å². The minimum Gasteiger partial charge on any atom is -0.357 e. The third kappa shape index (κ3) is 3.82. The zero-order chi connectivity index (χ0) is 19.0. The quantitative estimate of drug-likeness (QED) is 0.774. The van der Waals surface area contributed by atoms with Crippen LogP contribution in [0, 0.1) is 5.41 Å². The van der Waals surface area contributed by atoms with Gasteiger partial charge >= 0.3 is 0 Å². The van der Waals surface area contributed by atoms with Gasteiger partial charge in [0.15, 0.2) is 0 Å². The Balaban J connectivity index is 1.16. The molecule has 0 aromatic carbocycles. The Morgan fingerprint density at radius 2 is 1.71 bits per heavy atom. The summed E-state index contributed by atoms with van der Waals surface area (Å²) in [7, 11) is 0. The molecule has 0 bridgehead atoms. The van der Waals surface area contributed by atoms with E-state index in [1.54, 1.807) is 0 Å². The maximum Gasteiger partial charge on any atom is 0.128 e. The minimum atomic E-state index is 0.624. The number of pyridine rings is 1. The van der Waals surface area contributed by atoms with Crippen LogP contribution in [0.4, 0.5) is 5.82 Å². The molecule has 0 radical (unpaired) electrons. The first-order valence-electron chi connectivity index (χ1n) is 11.9. The van der Waals surface area contributed by atoms with Gasteiger partial charge in [0.1, 0.15) is 5.82 Å². The highest BCUT2D eigenvalue weighted by molar-refractivity contribution is 5.41. The van der Waals surface area contributed by atoms with E-state index in [-0.39, 0.29) is 0 Å². The number of aromatic nitrogens is 1. The van der Waals surface area contributed by atoms with Gasteiger partial charge in [-0.15, -0.1) is 0 Å². The molecule has 1 aliphatic carbocycles. The Bertz CT molecular complexity index is 652. The molecule has 1 atom stereocenters. The largest absolute Gasteiger partial charge is 0.357 e. The summed E-state index contributed by atoms with van der Waals surface area (Å²) in [6.07, 6.45) is 14.7. The van der Waals surface area contributed by atoms with Crippen molar-refractivity contribution in [3.05, 3.63) is 23.9 Å². The molecule has 4 fully saturated rings. The van der Waals surface area contributed by atoms with Crippen LogP contribution < -0.4 is 4.90 Å². The summed E-state index contributed by atoms with van der Waals surface area (Å²) in [5.41, 5.74) is 2.06. The fourth-order valence-corrected chi connectivity index (χ4v) is 6.02. The fraction of sp³-hybridized carbons (Fsp3) is 0.792. The molecular formula is C24H38N4. The van der Waals surface area contributed by atoms with E-state index in [2.05, 4.69) is 33.8 Å². The molecule has 1 spiro atoms. The fourth-order valence-electron chi connectivity index (χ4n) is 6.02. The number of rotatable bonds is 4. The first kappa shape index (κ1) is 18.9. The lowest BCUT2D eigenvalue weighted by molar-refractivity contribution is 0.0305. The van der Waals surface area contributed by atoms with Crippen molar-refractivity contribution in [2.75, 3.05) is 37.6 Å². The Labute approximate surface area is 171 Å². The van der Waals surface area contributed by atoms with Crippen LogP contribution >= 0.6 is 0 Å².